The zero-order valence-electron chi connectivity index (χ0n) is 16.5. The summed E-state index contributed by atoms with van der Waals surface area (Å²) >= 11 is 0. The highest BCUT2D eigenvalue weighted by Gasteiger charge is 2.20. The standard InChI is InChI=1S/C22H31N5/c1-3-23-22(24-14-11-19-10-9-18(2)25-17-19)26-20-12-15-27(16-13-20)21-7-5-4-6-8-21/h4-10,17,20H,3,11-16H2,1-2H3,(H2,23,24,26). The average Bonchev–Trinajstić information content (AvgIpc) is 2.71. The van der Waals surface area contributed by atoms with Crippen molar-refractivity contribution in [2.45, 2.75) is 39.2 Å². The topological polar surface area (TPSA) is 52.6 Å². The minimum absolute atomic E-state index is 0.476. The number of guanidine groups is 1. The summed E-state index contributed by atoms with van der Waals surface area (Å²) in [5.41, 5.74) is 3.61. The Labute approximate surface area is 162 Å². The fourth-order valence-corrected chi connectivity index (χ4v) is 3.38. The van der Waals surface area contributed by atoms with Crippen molar-refractivity contribution < 1.29 is 0 Å². The molecule has 0 radical (unpaired) electrons. The third-order valence-corrected chi connectivity index (χ3v) is 4.94. The summed E-state index contributed by atoms with van der Waals surface area (Å²) in [4.78, 5) is 11.6. The third kappa shape index (κ3) is 5.98. The zero-order valence-corrected chi connectivity index (χ0v) is 16.5. The van der Waals surface area contributed by atoms with Crippen LogP contribution in [0.5, 0.6) is 0 Å². The molecule has 2 N–H and O–H groups in total. The molecule has 0 aliphatic carbocycles. The number of aromatic nitrogens is 1. The van der Waals surface area contributed by atoms with Crippen LogP contribution in [0.4, 0.5) is 5.69 Å². The Bertz CT molecular complexity index is 703. The lowest BCUT2D eigenvalue weighted by Gasteiger charge is -2.34. The van der Waals surface area contributed by atoms with Crippen LogP contribution >= 0.6 is 0 Å². The van der Waals surface area contributed by atoms with Gasteiger partial charge < -0.3 is 15.5 Å². The van der Waals surface area contributed by atoms with E-state index in [1.165, 1.54) is 11.3 Å². The summed E-state index contributed by atoms with van der Waals surface area (Å²) in [7, 11) is 0. The van der Waals surface area contributed by atoms with Gasteiger partial charge in [0.25, 0.3) is 0 Å². The van der Waals surface area contributed by atoms with Crippen LogP contribution in [0.3, 0.4) is 0 Å². The van der Waals surface area contributed by atoms with E-state index < -0.39 is 0 Å². The number of para-hydroxylation sites is 1. The van der Waals surface area contributed by atoms with Gasteiger partial charge in [0.2, 0.25) is 0 Å². The monoisotopic (exact) mass is 365 g/mol. The number of rotatable bonds is 6. The maximum Gasteiger partial charge on any atom is 0.191 e. The Morgan fingerprint density at radius 3 is 2.59 bits per heavy atom. The predicted molar refractivity (Wildman–Crippen MR) is 113 cm³/mol. The van der Waals surface area contributed by atoms with Crippen molar-refractivity contribution in [1.29, 1.82) is 0 Å². The first-order valence-corrected chi connectivity index (χ1v) is 10.0. The number of benzene rings is 1. The first kappa shape index (κ1) is 19.2. The van der Waals surface area contributed by atoms with Crippen LogP contribution in [-0.2, 0) is 6.42 Å². The summed E-state index contributed by atoms with van der Waals surface area (Å²) < 4.78 is 0. The lowest BCUT2D eigenvalue weighted by Crippen LogP contribution is -2.48. The number of aliphatic imine (C=N–C) groups is 1. The van der Waals surface area contributed by atoms with Crippen LogP contribution in [-0.4, -0.2) is 43.2 Å². The molecule has 2 heterocycles. The molecule has 0 saturated carbocycles. The van der Waals surface area contributed by atoms with Gasteiger partial charge in [-0.2, -0.15) is 0 Å². The number of nitrogens with one attached hydrogen (secondary N) is 2. The van der Waals surface area contributed by atoms with Crippen molar-refractivity contribution in [3.8, 4) is 0 Å². The molecule has 5 heteroatoms. The second-order valence-electron chi connectivity index (χ2n) is 7.06. The summed E-state index contributed by atoms with van der Waals surface area (Å²) in [5.74, 6) is 0.927. The van der Waals surface area contributed by atoms with E-state index in [4.69, 9.17) is 4.99 Å². The zero-order chi connectivity index (χ0) is 18.9. The number of nitrogens with zero attached hydrogens (tertiary/aromatic N) is 3. The van der Waals surface area contributed by atoms with Crippen molar-refractivity contribution in [1.82, 2.24) is 15.6 Å². The number of pyridine rings is 1. The number of anilines is 1. The molecule has 0 amide bonds. The van der Waals surface area contributed by atoms with Crippen LogP contribution in [0, 0.1) is 6.92 Å². The molecule has 0 atom stereocenters. The van der Waals surface area contributed by atoms with Crippen molar-refractivity contribution in [3.05, 3.63) is 59.9 Å². The van der Waals surface area contributed by atoms with Gasteiger partial charge in [-0.15, -0.1) is 0 Å². The van der Waals surface area contributed by atoms with Crippen molar-refractivity contribution in [3.63, 3.8) is 0 Å². The van der Waals surface area contributed by atoms with Gasteiger partial charge in [-0.25, -0.2) is 0 Å². The Kier molecular flexibility index (Phi) is 7.08. The molecule has 144 valence electrons. The minimum atomic E-state index is 0.476. The lowest BCUT2D eigenvalue weighted by atomic mass is 10.0. The summed E-state index contributed by atoms with van der Waals surface area (Å²) in [6, 6.07) is 15.4. The maximum absolute atomic E-state index is 4.76. The highest BCUT2D eigenvalue weighted by Crippen LogP contribution is 2.19. The normalized spacial score (nSPS) is 15.6. The Morgan fingerprint density at radius 2 is 1.93 bits per heavy atom. The van der Waals surface area contributed by atoms with E-state index >= 15 is 0 Å². The molecular weight excluding hydrogens is 334 g/mol. The van der Waals surface area contributed by atoms with Gasteiger partial charge in [-0.1, -0.05) is 24.3 Å². The van der Waals surface area contributed by atoms with Crippen molar-refractivity contribution >= 4 is 11.6 Å². The largest absolute Gasteiger partial charge is 0.371 e. The van der Waals surface area contributed by atoms with E-state index in [9.17, 15) is 0 Å². The molecule has 3 rings (SSSR count). The molecule has 1 aliphatic rings. The predicted octanol–water partition coefficient (Wildman–Crippen LogP) is 3.16. The molecule has 2 aromatic rings. The Morgan fingerprint density at radius 1 is 1.15 bits per heavy atom. The molecule has 1 aromatic carbocycles. The molecule has 5 nitrogen and oxygen atoms in total. The van der Waals surface area contributed by atoms with Crippen LogP contribution in [0.1, 0.15) is 31.0 Å². The highest BCUT2D eigenvalue weighted by atomic mass is 15.2. The van der Waals surface area contributed by atoms with Gasteiger partial charge in [0, 0.05) is 49.8 Å². The molecule has 1 saturated heterocycles. The molecule has 1 aliphatic heterocycles. The number of hydrogen-bond donors (Lipinski definition) is 2. The second kappa shape index (κ2) is 9.95. The lowest BCUT2D eigenvalue weighted by molar-refractivity contribution is 0.461. The van der Waals surface area contributed by atoms with Crippen LogP contribution in [0.25, 0.3) is 0 Å². The Hall–Kier alpha value is -2.56. The summed E-state index contributed by atoms with van der Waals surface area (Å²) in [6.07, 6.45) is 5.11. The molecule has 0 bridgehead atoms. The fourth-order valence-electron chi connectivity index (χ4n) is 3.38. The highest BCUT2D eigenvalue weighted by molar-refractivity contribution is 5.80. The van der Waals surface area contributed by atoms with Gasteiger partial charge >= 0.3 is 0 Å². The number of hydrogen-bond acceptors (Lipinski definition) is 3. The van der Waals surface area contributed by atoms with E-state index in [1.54, 1.807) is 0 Å². The van der Waals surface area contributed by atoms with Gasteiger partial charge in [0.15, 0.2) is 5.96 Å². The van der Waals surface area contributed by atoms with E-state index in [0.717, 1.165) is 57.1 Å². The van der Waals surface area contributed by atoms with Crippen LogP contribution in [0.15, 0.2) is 53.7 Å². The third-order valence-electron chi connectivity index (χ3n) is 4.94. The number of aryl methyl sites for hydroxylation is 1. The summed E-state index contributed by atoms with van der Waals surface area (Å²) in [5, 5.41) is 7.00. The van der Waals surface area contributed by atoms with Crippen molar-refractivity contribution in [2.75, 3.05) is 31.1 Å². The van der Waals surface area contributed by atoms with Gasteiger partial charge in [-0.3, -0.25) is 9.98 Å². The first-order chi connectivity index (χ1) is 13.2. The molecule has 1 aromatic heterocycles. The minimum Gasteiger partial charge on any atom is -0.371 e. The first-order valence-electron chi connectivity index (χ1n) is 10.0. The molecule has 0 unspecified atom stereocenters. The second-order valence-corrected chi connectivity index (χ2v) is 7.06. The quantitative estimate of drug-likeness (QED) is 0.610. The molecular formula is C22H31N5. The SMILES string of the molecule is CCNC(=NCCc1ccc(C)nc1)NC1CCN(c2ccccc2)CC1. The van der Waals surface area contributed by atoms with Crippen LogP contribution in [0.2, 0.25) is 0 Å². The van der Waals surface area contributed by atoms with E-state index in [-0.39, 0.29) is 0 Å². The molecule has 0 spiro atoms. The Balaban J connectivity index is 1.48. The van der Waals surface area contributed by atoms with Crippen molar-refractivity contribution in [2.24, 2.45) is 4.99 Å². The van der Waals surface area contributed by atoms with Gasteiger partial charge in [0.1, 0.15) is 0 Å². The number of piperidine rings is 1. The van der Waals surface area contributed by atoms with E-state index in [1.807, 2.05) is 13.1 Å². The van der Waals surface area contributed by atoms with Crippen LogP contribution < -0.4 is 15.5 Å². The van der Waals surface area contributed by atoms with E-state index in [2.05, 4.69) is 69.9 Å². The van der Waals surface area contributed by atoms with E-state index in [0.29, 0.717) is 6.04 Å². The molecule has 1 fully saturated rings. The van der Waals surface area contributed by atoms with Gasteiger partial charge in [-0.05, 0) is 56.9 Å². The smallest absolute Gasteiger partial charge is 0.191 e. The average molecular weight is 366 g/mol. The van der Waals surface area contributed by atoms with Gasteiger partial charge in [0.05, 0.1) is 0 Å². The summed E-state index contributed by atoms with van der Waals surface area (Å²) in [6.45, 7) is 7.92. The molecule has 27 heavy (non-hydrogen) atoms. The maximum atomic E-state index is 4.76. The fraction of sp³-hybridized carbons (Fsp3) is 0.455.